The summed E-state index contributed by atoms with van der Waals surface area (Å²) in [5, 5.41) is 6.61. The number of hydrogen-bond donors (Lipinski definition) is 2. The summed E-state index contributed by atoms with van der Waals surface area (Å²) in [4.78, 5) is 30.5. The first-order valence-electron chi connectivity index (χ1n) is 13.3. The maximum atomic E-state index is 13.4. The largest absolute Gasteiger partial charge is 0.469 e. The van der Waals surface area contributed by atoms with Crippen molar-refractivity contribution in [3.05, 3.63) is 90.3 Å². The molecule has 4 rings (SSSR count). The third kappa shape index (κ3) is 7.73. The molecule has 0 radical (unpaired) electrons. The Bertz CT molecular complexity index is 1110. The first-order valence-corrected chi connectivity index (χ1v) is 13.3. The van der Waals surface area contributed by atoms with Crippen molar-refractivity contribution in [2.75, 3.05) is 20.2 Å². The maximum Gasteiger partial charge on any atom is 0.310 e. The van der Waals surface area contributed by atoms with Crippen molar-refractivity contribution < 1.29 is 14.3 Å². The van der Waals surface area contributed by atoms with Gasteiger partial charge in [-0.1, -0.05) is 48.5 Å². The average Bonchev–Trinajstić information content (AvgIpc) is 2.97. The van der Waals surface area contributed by atoms with E-state index in [-0.39, 0.29) is 23.8 Å². The molecule has 1 saturated heterocycles. The minimum atomic E-state index is -0.387. The minimum absolute atomic E-state index is 0.174. The molecule has 3 aromatic rings. The number of ether oxygens (including phenoxy) is 1. The van der Waals surface area contributed by atoms with E-state index < -0.39 is 0 Å². The van der Waals surface area contributed by atoms with Crippen LogP contribution in [0.5, 0.6) is 0 Å². The van der Waals surface area contributed by atoms with E-state index in [0.29, 0.717) is 24.3 Å². The lowest BCUT2D eigenvalue weighted by Crippen LogP contribution is -2.44. The van der Waals surface area contributed by atoms with E-state index >= 15 is 0 Å². The van der Waals surface area contributed by atoms with Gasteiger partial charge in [0, 0.05) is 24.0 Å². The number of benzene rings is 2. The topological polar surface area (TPSA) is 80.3 Å². The molecule has 2 aromatic carbocycles. The van der Waals surface area contributed by atoms with Crippen molar-refractivity contribution in [3.8, 4) is 11.1 Å². The molecule has 1 fully saturated rings. The number of nitrogens with zero attached hydrogens (tertiary/aromatic N) is 1. The van der Waals surface area contributed by atoms with Crippen LogP contribution in [0.2, 0.25) is 0 Å². The smallest absolute Gasteiger partial charge is 0.310 e. The Hall–Kier alpha value is -3.51. The highest BCUT2D eigenvalue weighted by atomic mass is 16.5. The van der Waals surface area contributed by atoms with E-state index in [4.69, 9.17) is 4.74 Å². The first kappa shape index (κ1) is 26.6. The molecule has 2 N–H and O–H groups in total. The summed E-state index contributed by atoms with van der Waals surface area (Å²) in [5.41, 5.74) is 3.75. The van der Waals surface area contributed by atoms with Gasteiger partial charge in [-0.25, -0.2) is 0 Å². The van der Waals surface area contributed by atoms with Gasteiger partial charge < -0.3 is 15.4 Å². The Morgan fingerprint density at radius 3 is 2.41 bits per heavy atom. The standard InChI is InChI=1S/C31H37N3O3/c1-37-31(36)28(15-9-24-17-20-32-21-18-24)29(16-10-23-6-3-2-4-7-23)34-30(35)26-13-11-25(12-14-26)27-8-5-19-33-22-27/h2-8,11-14,19,22,24,28-29,32H,9-10,15-18,20-21H2,1H3,(H,34,35)/t28-,29?/m1/s1. The van der Waals surface area contributed by atoms with E-state index in [2.05, 4.69) is 27.8 Å². The van der Waals surface area contributed by atoms with E-state index in [9.17, 15) is 9.59 Å². The molecular weight excluding hydrogens is 462 g/mol. The van der Waals surface area contributed by atoms with Crippen LogP contribution in [0.1, 0.15) is 48.0 Å². The van der Waals surface area contributed by atoms with Crippen molar-refractivity contribution in [2.24, 2.45) is 11.8 Å². The van der Waals surface area contributed by atoms with Gasteiger partial charge in [-0.15, -0.1) is 0 Å². The second-order valence-electron chi connectivity index (χ2n) is 9.82. The molecule has 0 aliphatic carbocycles. The first-order chi connectivity index (χ1) is 18.1. The zero-order valence-corrected chi connectivity index (χ0v) is 21.6. The van der Waals surface area contributed by atoms with Gasteiger partial charge in [0.05, 0.1) is 13.0 Å². The molecule has 37 heavy (non-hydrogen) atoms. The number of methoxy groups -OCH3 is 1. The van der Waals surface area contributed by atoms with Crippen LogP contribution in [0.3, 0.4) is 0 Å². The molecule has 6 heteroatoms. The van der Waals surface area contributed by atoms with E-state index in [1.807, 2.05) is 54.6 Å². The van der Waals surface area contributed by atoms with Crippen molar-refractivity contribution >= 4 is 11.9 Å². The van der Waals surface area contributed by atoms with Crippen molar-refractivity contribution in [1.29, 1.82) is 0 Å². The second kappa shape index (κ2) is 13.7. The van der Waals surface area contributed by atoms with Crippen molar-refractivity contribution in [1.82, 2.24) is 15.6 Å². The van der Waals surface area contributed by atoms with Crippen LogP contribution in [0.25, 0.3) is 11.1 Å². The SMILES string of the molecule is COC(=O)[C@H](CCC1CCNCC1)C(CCc1ccccc1)NC(=O)c1ccc(-c2cccnc2)cc1. The Labute approximate surface area is 219 Å². The minimum Gasteiger partial charge on any atom is -0.469 e. The fourth-order valence-electron chi connectivity index (χ4n) is 5.16. The summed E-state index contributed by atoms with van der Waals surface area (Å²) >= 11 is 0. The number of amides is 1. The number of piperidine rings is 1. The number of aromatic nitrogens is 1. The normalized spacial score (nSPS) is 15.5. The number of esters is 1. The van der Waals surface area contributed by atoms with Crippen molar-refractivity contribution in [3.63, 3.8) is 0 Å². The van der Waals surface area contributed by atoms with E-state index in [0.717, 1.165) is 49.9 Å². The molecule has 1 amide bonds. The monoisotopic (exact) mass is 499 g/mol. The number of carbonyl (C=O) groups is 2. The summed E-state index contributed by atoms with van der Waals surface area (Å²) in [5.74, 6) is -0.216. The van der Waals surface area contributed by atoms with Gasteiger partial charge in [-0.3, -0.25) is 14.6 Å². The fourth-order valence-corrected chi connectivity index (χ4v) is 5.16. The molecular formula is C31H37N3O3. The lowest BCUT2D eigenvalue weighted by Gasteiger charge is -2.29. The zero-order chi connectivity index (χ0) is 25.9. The number of carbonyl (C=O) groups excluding carboxylic acids is 2. The van der Waals surface area contributed by atoms with Gasteiger partial charge >= 0.3 is 5.97 Å². The molecule has 0 saturated carbocycles. The molecule has 1 aliphatic rings. The van der Waals surface area contributed by atoms with Crippen LogP contribution in [-0.4, -0.2) is 43.1 Å². The van der Waals surface area contributed by atoms with Gasteiger partial charge in [0.15, 0.2) is 0 Å². The van der Waals surface area contributed by atoms with Crippen molar-refractivity contribution in [2.45, 2.75) is 44.6 Å². The third-order valence-electron chi connectivity index (χ3n) is 7.38. The van der Waals surface area contributed by atoms with E-state index in [1.165, 1.54) is 12.7 Å². The molecule has 2 heterocycles. The van der Waals surface area contributed by atoms with Crippen LogP contribution >= 0.6 is 0 Å². The average molecular weight is 500 g/mol. The van der Waals surface area contributed by atoms with Gasteiger partial charge in [0.2, 0.25) is 0 Å². The molecule has 1 unspecified atom stereocenters. The Kier molecular flexibility index (Phi) is 9.83. The highest BCUT2D eigenvalue weighted by molar-refractivity contribution is 5.95. The number of nitrogens with one attached hydrogen (secondary N) is 2. The highest BCUT2D eigenvalue weighted by Crippen LogP contribution is 2.26. The highest BCUT2D eigenvalue weighted by Gasteiger charge is 2.31. The summed E-state index contributed by atoms with van der Waals surface area (Å²) in [6, 6.07) is 21.3. The predicted octanol–water partition coefficient (Wildman–Crippen LogP) is 5.05. The molecule has 6 nitrogen and oxygen atoms in total. The van der Waals surface area contributed by atoms with Crippen LogP contribution in [0.15, 0.2) is 79.1 Å². The Morgan fingerprint density at radius 2 is 1.73 bits per heavy atom. The quantitative estimate of drug-likeness (QED) is 0.361. The molecule has 0 bridgehead atoms. The molecule has 2 atom stereocenters. The molecule has 0 spiro atoms. The van der Waals surface area contributed by atoms with Crippen LogP contribution in [-0.2, 0) is 16.0 Å². The third-order valence-corrected chi connectivity index (χ3v) is 7.38. The van der Waals surface area contributed by atoms with Gasteiger partial charge in [0.1, 0.15) is 0 Å². The van der Waals surface area contributed by atoms with Crippen LogP contribution in [0, 0.1) is 11.8 Å². The zero-order valence-electron chi connectivity index (χ0n) is 21.6. The predicted molar refractivity (Wildman–Crippen MR) is 146 cm³/mol. The fraction of sp³-hybridized carbons (Fsp3) is 0.387. The Balaban J connectivity index is 1.49. The summed E-state index contributed by atoms with van der Waals surface area (Å²) in [6.45, 7) is 2.05. The van der Waals surface area contributed by atoms with Gasteiger partial charge in [-0.05, 0) is 92.4 Å². The lowest BCUT2D eigenvalue weighted by atomic mass is 9.84. The second-order valence-corrected chi connectivity index (χ2v) is 9.82. The summed E-state index contributed by atoms with van der Waals surface area (Å²) in [6.07, 6.45) is 8.89. The molecule has 1 aliphatic heterocycles. The molecule has 1 aromatic heterocycles. The number of aryl methyl sites for hydroxylation is 1. The number of rotatable bonds is 11. The van der Waals surface area contributed by atoms with Crippen LogP contribution in [0.4, 0.5) is 0 Å². The maximum absolute atomic E-state index is 13.4. The van der Waals surface area contributed by atoms with Crippen LogP contribution < -0.4 is 10.6 Å². The summed E-state index contributed by atoms with van der Waals surface area (Å²) in [7, 11) is 1.44. The Morgan fingerprint density at radius 1 is 0.973 bits per heavy atom. The summed E-state index contributed by atoms with van der Waals surface area (Å²) < 4.78 is 5.23. The lowest BCUT2D eigenvalue weighted by molar-refractivity contribution is -0.146. The molecule has 194 valence electrons. The van der Waals surface area contributed by atoms with E-state index in [1.54, 1.807) is 12.4 Å². The van der Waals surface area contributed by atoms with Gasteiger partial charge in [-0.2, -0.15) is 0 Å². The number of hydrogen-bond acceptors (Lipinski definition) is 5. The number of pyridine rings is 1. The van der Waals surface area contributed by atoms with Gasteiger partial charge in [0.25, 0.3) is 5.91 Å².